The summed E-state index contributed by atoms with van der Waals surface area (Å²) >= 11 is 0. The molecule has 2 saturated heterocycles. The zero-order valence-corrected chi connectivity index (χ0v) is 13.4. The third-order valence-electron chi connectivity index (χ3n) is 5.23. The molecule has 6 heteroatoms. The number of likely N-dealkylation sites (tertiary alicyclic amines) is 1. The van der Waals surface area contributed by atoms with Gasteiger partial charge in [0.2, 0.25) is 11.8 Å². The molecule has 1 saturated carbocycles. The lowest BCUT2D eigenvalue weighted by Gasteiger charge is -2.27. The molecular weight excluding hydrogens is 280 g/mol. The first-order valence-electron chi connectivity index (χ1n) is 8.74. The maximum absolute atomic E-state index is 12.3. The van der Waals surface area contributed by atoms with Gasteiger partial charge >= 0.3 is 0 Å². The molecule has 2 heterocycles. The quantitative estimate of drug-likeness (QED) is 0.738. The van der Waals surface area contributed by atoms with Crippen LogP contribution in [0.3, 0.4) is 0 Å². The molecule has 2 amide bonds. The molecule has 3 fully saturated rings. The monoisotopic (exact) mass is 308 g/mol. The molecule has 6 nitrogen and oxygen atoms in total. The number of amides is 2. The average Bonchev–Trinajstić information content (AvgIpc) is 3.17. The predicted octanol–water partition coefficient (Wildman–Crippen LogP) is -0.201. The van der Waals surface area contributed by atoms with Crippen molar-refractivity contribution in [1.29, 1.82) is 0 Å². The van der Waals surface area contributed by atoms with E-state index in [1.165, 1.54) is 12.8 Å². The summed E-state index contributed by atoms with van der Waals surface area (Å²) in [6.45, 7) is 6.37. The van der Waals surface area contributed by atoms with E-state index < -0.39 is 0 Å². The third kappa shape index (κ3) is 3.79. The Kier molecular flexibility index (Phi) is 5.31. The summed E-state index contributed by atoms with van der Waals surface area (Å²) in [7, 11) is 0. The van der Waals surface area contributed by atoms with Gasteiger partial charge in [-0.1, -0.05) is 12.8 Å². The Labute approximate surface area is 132 Å². The van der Waals surface area contributed by atoms with Gasteiger partial charge in [-0.2, -0.15) is 0 Å². The van der Waals surface area contributed by atoms with Crippen molar-refractivity contribution in [2.24, 2.45) is 5.92 Å². The first kappa shape index (κ1) is 15.7. The fourth-order valence-corrected chi connectivity index (χ4v) is 3.89. The molecule has 0 aromatic carbocycles. The molecule has 0 bridgehead atoms. The van der Waals surface area contributed by atoms with Gasteiger partial charge in [-0.3, -0.25) is 14.5 Å². The van der Waals surface area contributed by atoms with Crippen molar-refractivity contribution in [2.75, 3.05) is 45.8 Å². The molecule has 3 aliphatic rings. The highest BCUT2D eigenvalue weighted by molar-refractivity contribution is 5.89. The molecule has 0 radical (unpaired) electrons. The summed E-state index contributed by atoms with van der Waals surface area (Å²) < 4.78 is 0. The van der Waals surface area contributed by atoms with Gasteiger partial charge in [0.15, 0.2) is 0 Å². The van der Waals surface area contributed by atoms with E-state index in [2.05, 4.69) is 15.5 Å². The van der Waals surface area contributed by atoms with Crippen LogP contribution in [0.25, 0.3) is 0 Å². The van der Waals surface area contributed by atoms with Crippen molar-refractivity contribution < 1.29 is 9.59 Å². The number of carbonyl (C=O) groups excluding carboxylic acids is 2. The van der Waals surface area contributed by atoms with Crippen LogP contribution in [0.15, 0.2) is 0 Å². The number of rotatable bonds is 5. The first-order chi connectivity index (χ1) is 10.7. The lowest BCUT2D eigenvalue weighted by molar-refractivity contribution is -0.130. The van der Waals surface area contributed by atoms with Gasteiger partial charge in [-0.15, -0.1) is 0 Å². The zero-order chi connectivity index (χ0) is 15.4. The Morgan fingerprint density at radius 2 is 1.95 bits per heavy atom. The highest BCUT2D eigenvalue weighted by atomic mass is 16.2. The van der Waals surface area contributed by atoms with Crippen LogP contribution < -0.4 is 10.6 Å². The van der Waals surface area contributed by atoms with Crippen LogP contribution in [0, 0.1) is 5.92 Å². The molecule has 3 rings (SSSR count). The normalized spacial score (nSPS) is 27.5. The number of hydrogen-bond donors (Lipinski definition) is 2. The number of piperazine rings is 1. The van der Waals surface area contributed by atoms with Crippen molar-refractivity contribution in [3.8, 4) is 0 Å². The molecular formula is C16H28N4O2. The fraction of sp³-hybridized carbons (Fsp3) is 0.875. The van der Waals surface area contributed by atoms with E-state index in [0.717, 1.165) is 45.6 Å². The second-order valence-corrected chi connectivity index (χ2v) is 6.77. The molecule has 1 atom stereocenters. The fourth-order valence-electron chi connectivity index (χ4n) is 3.89. The molecule has 0 spiro atoms. The van der Waals surface area contributed by atoms with E-state index in [9.17, 15) is 9.59 Å². The molecule has 2 aliphatic heterocycles. The van der Waals surface area contributed by atoms with Crippen LogP contribution in [-0.4, -0.2) is 73.5 Å². The first-order valence-corrected chi connectivity index (χ1v) is 8.74. The van der Waals surface area contributed by atoms with Crippen LogP contribution >= 0.6 is 0 Å². The van der Waals surface area contributed by atoms with Crippen molar-refractivity contribution in [3.05, 3.63) is 0 Å². The lowest BCUT2D eigenvalue weighted by Crippen LogP contribution is -2.46. The largest absolute Gasteiger partial charge is 0.355 e. The van der Waals surface area contributed by atoms with Crippen LogP contribution in [-0.2, 0) is 9.59 Å². The van der Waals surface area contributed by atoms with E-state index in [1.807, 2.05) is 4.90 Å². The summed E-state index contributed by atoms with van der Waals surface area (Å²) in [6, 6.07) is 0.395. The topological polar surface area (TPSA) is 64.7 Å². The van der Waals surface area contributed by atoms with Crippen LogP contribution in [0.5, 0.6) is 0 Å². The van der Waals surface area contributed by atoms with Gasteiger partial charge in [0.1, 0.15) is 0 Å². The van der Waals surface area contributed by atoms with Crippen LogP contribution in [0.2, 0.25) is 0 Å². The van der Waals surface area contributed by atoms with Gasteiger partial charge < -0.3 is 15.5 Å². The molecule has 1 unspecified atom stereocenters. The molecule has 0 aromatic heterocycles. The predicted molar refractivity (Wildman–Crippen MR) is 84.4 cm³/mol. The summed E-state index contributed by atoms with van der Waals surface area (Å²) in [5.41, 5.74) is 0. The summed E-state index contributed by atoms with van der Waals surface area (Å²) in [6.07, 6.45) is 5.06. The van der Waals surface area contributed by atoms with E-state index in [1.54, 1.807) is 0 Å². The van der Waals surface area contributed by atoms with Gasteiger partial charge in [0, 0.05) is 58.3 Å². The Bertz CT molecular complexity index is 403. The standard InChI is InChI=1S/C16H28N4O2/c21-15-11-13(12-20(15)14-3-1-2-4-14)16(22)18-7-10-19-8-5-17-6-9-19/h13-14,17H,1-12H2,(H,18,22). The maximum atomic E-state index is 12.3. The number of nitrogens with zero attached hydrogens (tertiary/aromatic N) is 2. The molecule has 124 valence electrons. The van der Waals surface area contributed by atoms with Crippen molar-refractivity contribution in [1.82, 2.24) is 20.4 Å². The van der Waals surface area contributed by atoms with Crippen molar-refractivity contribution in [3.63, 3.8) is 0 Å². The van der Waals surface area contributed by atoms with Crippen molar-refractivity contribution >= 4 is 11.8 Å². The minimum Gasteiger partial charge on any atom is -0.355 e. The van der Waals surface area contributed by atoms with Gasteiger partial charge in [0.05, 0.1) is 5.92 Å². The van der Waals surface area contributed by atoms with Crippen LogP contribution in [0.1, 0.15) is 32.1 Å². The second-order valence-electron chi connectivity index (χ2n) is 6.77. The highest BCUT2D eigenvalue weighted by Gasteiger charge is 2.38. The second kappa shape index (κ2) is 7.42. The van der Waals surface area contributed by atoms with E-state index >= 15 is 0 Å². The Balaban J connectivity index is 1.39. The molecule has 2 N–H and O–H groups in total. The van der Waals surface area contributed by atoms with E-state index in [4.69, 9.17) is 0 Å². The van der Waals surface area contributed by atoms with E-state index in [0.29, 0.717) is 25.6 Å². The van der Waals surface area contributed by atoms with Gasteiger partial charge in [0.25, 0.3) is 0 Å². The SMILES string of the molecule is O=C(NCCN1CCNCC1)C1CC(=O)N(C2CCCC2)C1. The van der Waals surface area contributed by atoms with Gasteiger partial charge in [-0.25, -0.2) is 0 Å². The summed E-state index contributed by atoms with van der Waals surface area (Å²) in [4.78, 5) is 28.7. The molecule has 0 aromatic rings. The highest BCUT2D eigenvalue weighted by Crippen LogP contribution is 2.29. The average molecular weight is 308 g/mol. The van der Waals surface area contributed by atoms with Crippen LogP contribution in [0.4, 0.5) is 0 Å². The third-order valence-corrected chi connectivity index (χ3v) is 5.23. The summed E-state index contributed by atoms with van der Waals surface area (Å²) in [5, 5.41) is 6.35. The Hall–Kier alpha value is -1.14. The number of hydrogen-bond acceptors (Lipinski definition) is 4. The summed E-state index contributed by atoms with van der Waals surface area (Å²) in [5.74, 6) is 0.0919. The Morgan fingerprint density at radius 1 is 1.23 bits per heavy atom. The minimum atomic E-state index is -0.142. The smallest absolute Gasteiger partial charge is 0.225 e. The van der Waals surface area contributed by atoms with Gasteiger partial charge in [-0.05, 0) is 12.8 Å². The minimum absolute atomic E-state index is 0.0592. The zero-order valence-electron chi connectivity index (χ0n) is 13.4. The molecule has 1 aliphatic carbocycles. The maximum Gasteiger partial charge on any atom is 0.225 e. The number of carbonyl (C=O) groups is 2. The Morgan fingerprint density at radius 3 is 2.68 bits per heavy atom. The number of nitrogens with one attached hydrogen (secondary N) is 2. The van der Waals surface area contributed by atoms with E-state index in [-0.39, 0.29) is 17.7 Å². The van der Waals surface area contributed by atoms with Crippen molar-refractivity contribution in [2.45, 2.75) is 38.1 Å². The lowest BCUT2D eigenvalue weighted by atomic mass is 10.1. The molecule has 22 heavy (non-hydrogen) atoms.